The summed E-state index contributed by atoms with van der Waals surface area (Å²) >= 11 is 0. The first kappa shape index (κ1) is 12.6. The lowest BCUT2D eigenvalue weighted by molar-refractivity contribution is 0.349. The van der Waals surface area contributed by atoms with Crippen LogP contribution in [0.2, 0.25) is 0 Å². The van der Waals surface area contributed by atoms with Gasteiger partial charge in [0, 0.05) is 0 Å². The fourth-order valence-electron chi connectivity index (χ4n) is 1.77. The molecule has 0 spiro atoms. The number of nitrogens with zero attached hydrogens (tertiary/aromatic N) is 4. The summed E-state index contributed by atoms with van der Waals surface area (Å²) in [5, 5.41) is 26.3. The van der Waals surface area contributed by atoms with Gasteiger partial charge >= 0.3 is 0 Å². The second-order valence-corrected chi connectivity index (χ2v) is 4.54. The van der Waals surface area contributed by atoms with Gasteiger partial charge in [-0.05, 0) is 26.2 Å². The van der Waals surface area contributed by atoms with Crippen LogP contribution in [0.15, 0.2) is 10.2 Å². The minimum absolute atomic E-state index is 0.00188. The molecule has 0 saturated heterocycles. The molecule has 0 bridgehead atoms. The molecular formula is C12H18N4. The number of azo groups is 1. The smallest absolute Gasteiger partial charge is 0.164 e. The molecule has 0 aromatic rings. The molecule has 0 N–H and O–H groups in total. The molecule has 0 heterocycles. The third-order valence-electron chi connectivity index (χ3n) is 3.25. The molecule has 1 aliphatic rings. The van der Waals surface area contributed by atoms with Gasteiger partial charge in [-0.2, -0.15) is 20.8 Å². The SMILES string of the molecule is CCC(C)(C#N)N=NC1CCCCC1C#N. The van der Waals surface area contributed by atoms with Crippen molar-refractivity contribution < 1.29 is 0 Å². The molecule has 0 aromatic carbocycles. The Hall–Kier alpha value is -1.42. The van der Waals surface area contributed by atoms with Crippen molar-refractivity contribution >= 4 is 0 Å². The van der Waals surface area contributed by atoms with Crippen LogP contribution in [0, 0.1) is 28.6 Å². The van der Waals surface area contributed by atoms with Crippen LogP contribution >= 0.6 is 0 Å². The standard InChI is InChI=1S/C12H18N4/c1-3-12(2,9-14)16-15-11-7-5-4-6-10(11)8-13/h10-11H,3-7H2,1-2H3. The number of rotatable bonds is 3. The number of hydrogen-bond donors (Lipinski definition) is 0. The van der Waals surface area contributed by atoms with Crippen molar-refractivity contribution in [2.75, 3.05) is 0 Å². The molecule has 1 fully saturated rings. The van der Waals surface area contributed by atoms with Gasteiger partial charge in [0.2, 0.25) is 0 Å². The largest absolute Gasteiger partial charge is 0.198 e. The fraction of sp³-hybridized carbons (Fsp3) is 0.833. The summed E-state index contributed by atoms with van der Waals surface area (Å²) < 4.78 is 0. The first-order chi connectivity index (χ1) is 7.65. The topological polar surface area (TPSA) is 72.3 Å². The maximum atomic E-state index is 8.99. The maximum Gasteiger partial charge on any atom is 0.164 e. The highest BCUT2D eigenvalue weighted by Gasteiger charge is 2.26. The summed E-state index contributed by atoms with van der Waals surface area (Å²) in [6, 6.07) is 4.44. The molecule has 0 aromatic heterocycles. The molecule has 1 rings (SSSR count). The van der Waals surface area contributed by atoms with E-state index in [1.165, 1.54) is 0 Å². The first-order valence-electron chi connectivity index (χ1n) is 5.88. The van der Waals surface area contributed by atoms with Crippen molar-refractivity contribution in [1.29, 1.82) is 10.5 Å². The van der Waals surface area contributed by atoms with Crippen LogP contribution in [-0.2, 0) is 0 Å². The van der Waals surface area contributed by atoms with Crippen LogP contribution in [0.1, 0.15) is 46.0 Å². The monoisotopic (exact) mass is 218 g/mol. The van der Waals surface area contributed by atoms with Crippen LogP contribution in [-0.4, -0.2) is 11.6 Å². The molecule has 16 heavy (non-hydrogen) atoms. The van der Waals surface area contributed by atoms with Crippen LogP contribution in [0.4, 0.5) is 0 Å². The van der Waals surface area contributed by atoms with E-state index in [0.717, 1.165) is 25.7 Å². The highest BCUT2D eigenvalue weighted by atomic mass is 15.2. The lowest BCUT2D eigenvalue weighted by atomic mass is 9.86. The summed E-state index contributed by atoms with van der Waals surface area (Å²) in [5.41, 5.74) is -0.725. The highest BCUT2D eigenvalue weighted by Crippen LogP contribution is 2.27. The van der Waals surface area contributed by atoms with Crippen LogP contribution in [0.25, 0.3) is 0 Å². The van der Waals surface area contributed by atoms with Gasteiger partial charge in [0.1, 0.15) is 0 Å². The maximum absolute atomic E-state index is 8.99. The molecule has 4 nitrogen and oxygen atoms in total. The Balaban J connectivity index is 2.69. The van der Waals surface area contributed by atoms with E-state index < -0.39 is 5.54 Å². The Morgan fingerprint density at radius 3 is 2.56 bits per heavy atom. The zero-order chi connectivity index (χ0) is 12.0. The molecule has 0 amide bonds. The summed E-state index contributed by atoms with van der Waals surface area (Å²) in [6.45, 7) is 3.70. The Labute approximate surface area is 97.0 Å². The zero-order valence-corrected chi connectivity index (χ0v) is 9.98. The molecule has 0 aliphatic heterocycles. The predicted octanol–water partition coefficient (Wildman–Crippen LogP) is 3.21. The molecule has 3 unspecified atom stereocenters. The zero-order valence-electron chi connectivity index (χ0n) is 9.98. The van der Waals surface area contributed by atoms with E-state index in [1.54, 1.807) is 6.92 Å². The molecule has 1 aliphatic carbocycles. The van der Waals surface area contributed by atoms with E-state index in [9.17, 15) is 0 Å². The van der Waals surface area contributed by atoms with E-state index in [1.807, 2.05) is 6.92 Å². The lowest BCUT2D eigenvalue weighted by Gasteiger charge is -2.23. The third kappa shape index (κ3) is 3.03. The molecule has 86 valence electrons. The van der Waals surface area contributed by atoms with Gasteiger partial charge in [0.25, 0.3) is 0 Å². The Kier molecular flexibility index (Phi) is 4.43. The Morgan fingerprint density at radius 2 is 2.00 bits per heavy atom. The quantitative estimate of drug-likeness (QED) is 0.682. The second-order valence-electron chi connectivity index (χ2n) is 4.54. The first-order valence-corrected chi connectivity index (χ1v) is 5.88. The average Bonchev–Trinajstić information content (AvgIpc) is 2.36. The van der Waals surface area contributed by atoms with Crippen molar-refractivity contribution in [2.24, 2.45) is 16.1 Å². The molecule has 0 radical (unpaired) electrons. The summed E-state index contributed by atoms with van der Waals surface area (Å²) in [4.78, 5) is 0. The minimum Gasteiger partial charge on any atom is -0.198 e. The van der Waals surface area contributed by atoms with Gasteiger partial charge in [-0.15, -0.1) is 0 Å². The molecule has 3 atom stereocenters. The van der Waals surface area contributed by atoms with Gasteiger partial charge in [-0.25, -0.2) is 0 Å². The van der Waals surface area contributed by atoms with Gasteiger partial charge in [0.05, 0.1) is 24.1 Å². The Morgan fingerprint density at radius 1 is 1.31 bits per heavy atom. The van der Waals surface area contributed by atoms with Crippen molar-refractivity contribution in [3.05, 3.63) is 0 Å². The van der Waals surface area contributed by atoms with E-state index >= 15 is 0 Å². The molecular weight excluding hydrogens is 200 g/mol. The average molecular weight is 218 g/mol. The highest BCUT2D eigenvalue weighted by molar-refractivity contribution is 5.03. The van der Waals surface area contributed by atoms with Gasteiger partial charge in [0.15, 0.2) is 5.54 Å². The van der Waals surface area contributed by atoms with Crippen molar-refractivity contribution in [3.63, 3.8) is 0 Å². The Bertz CT molecular complexity index is 336. The van der Waals surface area contributed by atoms with Crippen molar-refractivity contribution in [1.82, 2.24) is 0 Å². The van der Waals surface area contributed by atoms with E-state index in [0.29, 0.717) is 6.42 Å². The van der Waals surface area contributed by atoms with E-state index in [2.05, 4.69) is 22.4 Å². The molecule has 1 saturated carbocycles. The third-order valence-corrected chi connectivity index (χ3v) is 3.25. The van der Waals surface area contributed by atoms with Gasteiger partial charge in [-0.3, -0.25) is 0 Å². The minimum atomic E-state index is -0.725. The van der Waals surface area contributed by atoms with E-state index in [-0.39, 0.29) is 12.0 Å². The van der Waals surface area contributed by atoms with Crippen LogP contribution in [0.3, 0.4) is 0 Å². The normalized spacial score (nSPS) is 29.2. The van der Waals surface area contributed by atoms with Crippen LogP contribution < -0.4 is 0 Å². The van der Waals surface area contributed by atoms with Crippen LogP contribution in [0.5, 0.6) is 0 Å². The number of hydrogen-bond acceptors (Lipinski definition) is 4. The van der Waals surface area contributed by atoms with E-state index in [4.69, 9.17) is 10.5 Å². The number of nitriles is 2. The summed E-state index contributed by atoms with van der Waals surface area (Å²) in [7, 11) is 0. The van der Waals surface area contributed by atoms with Gasteiger partial charge < -0.3 is 0 Å². The predicted molar refractivity (Wildman–Crippen MR) is 60.5 cm³/mol. The van der Waals surface area contributed by atoms with Gasteiger partial charge in [-0.1, -0.05) is 19.8 Å². The fourth-order valence-corrected chi connectivity index (χ4v) is 1.77. The lowest BCUT2D eigenvalue weighted by Crippen LogP contribution is -2.23. The summed E-state index contributed by atoms with van der Waals surface area (Å²) in [5.74, 6) is -0.0164. The second kappa shape index (κ2) is 5.61. The summed E-state index contributed by atoms with van der Waals surface area (Å²) in [6.07, 6.45) is 4.70. The molecule has 4 heteroatoms. The van der Waals surface area contributed by atoms with Crippen molar-refractivity contribution in [3.8, 4) is 12.1 Å². The van der Waals surface area contributed by atoms with Crippen molar-refractivity contribution in [2.45, 2.75) is 57.5 Å².